The lowest BCUT2D eigenvalue weighted by atomic mass is 10.3. The smallest absolute Gasteiger partial charge is 0.321 e. The maximum atomic E-state index is 11.5. The summed E-state index contributed by atoms with van der Waals surface area (Å²) in [4.78, 5) is 22.5. The number of rotatable bonds is 8. The van der Waals surface area contributed by atoms with Crippen molar-refractivity contribution in [2.75, 3.05) is 12.8 Å². The highest BCUT2D eigenvalue weighted by molar-refractivity contribution is 7.99. The average Bonchev–Trinajstić information content (AvgIpc) is 2.98. The van der Waals surface area contributed by atoms with Gasteiger partial charge in [0.25, 0.3) is 0 Å². The van der Waals surface area contributed by atoms with E-state index in [0.29, 0.717) is 28.8 Å². The lowest BCUT2D eigenvalue weighted by Crippen LogP contribution is -2.37. The third-order valence-corrected chi connectivity index (χ3v) is 4.80. The van der Waals surface area contributed by atoms with Crippen LogP contribution in [-0.2, 0) is 18.4 Å². The molecule has 0 saturated carbocycles. The molecule has 0 fully saturated rings. The zero-order valence-electron chi connectivity index (χ0n) is 14.5. The number of thioether (sulfide) groups is 1. The van der Waals surface area contributed by atoms with Crippen LogP contribution in [0.25, 0.3) is 0 Å². The number of halogens is 1. The predicted molar refractivity (Wildman–Crippen MR) is 99.3 cm³/mol. The number of imide groups is 1. The molecule has 0 bridgehead atoms. The Labute approximate surface area is 160 Å². The van der Waals surface area contributed by atoms with Crippen molar-refractivity contribution < 1.29 is 14.3 Å². The summed E-state index contributed by atoms with van der Waals surface area (Å²) in [5, 5.41) is 14.1. The van der Waals surface area contributed by atoms with Gasteiger partial charge in [0.1, 0.15) is 12.4 Å². The van der Waals surface area contributed by atoms with Gasteiger partial charge in [-0.3, -0.25) is 10.1 Å². The highest BCUT2D eigenvalue weighted by atomic mass is 35.5. The first-order valence-electron chi connectivity index (χ1n) is 7.91. The highest BCUT2D eigenvalue weighted by Crippen LogP contribution is 2.24. The molecule has 10 heteroatoms. The molecule has 2 N–H and O–H groups in total. The van der Waals surface area contributed by atoms with Gasteiger partial charge in [-0.1, -0.05) is 35.5 Å². The first kappa shape index (κ1) is 20.1. The number of nitrogens with zero attached hydrogens (tertiary/aromatic N) is 3. The van der Waals surface area contributed by atoms with Gasteiger partial charge >= 0.3 is 6.03 Å². The summed E-state index contributed by atoms with van der Waals surface area (Å²) in [5.74, 6) is 1.63. The van der Waals surface area contributed by atoms with Crippen molar-refractivity contribution in [1.29, 1.82) is 0 Å². The fourth-order valence-corrected chi connectivity index (χ4v) is 3.01. The monoisotopic (exact) mass is 397 g/mol. The largest absolute Gasteiger partial charge is 0.484 e. The number of para-hydroxylation sites is 1. The summed E-state index contributed by atoms with van der Waals surface area (Å²) in [5.41, 5.74) is 0. The zero-order chi connectivity index (χ0) is 18.9. The van der Waals surface area contributed by atoms with Crippen LogP contribution in [0.15, 0.2) is 29.4 Å². The van der Waals surface area contributed by atoms with Crippen LogP contribution in [0.4, 0.5) is 4.79 Å². The minimum Gasteiger partial charge on any atom is -0.484 e. The Morgan fingerprint density at radius 3 is 2.81 bits per heavy atom. The van der Waals surface area contributed by atoms with Crippen molar-refractivity contribution in [1.82, 2.24) is 25.4 Å². The average molecular weight is 398 g/mol. The maximum Gasteiger partial charge on any atom is 0.321 e. The molecule has 140 valence electrons. The number of urea groups is 1. The van der Waals surface area contributed by atoms with E-state index in [4.69, 9.17) is 16.3 Å². The minimum atomic E-state index is -0.501. The number of aromatic nitrogens is 3. The summed E-state index contributed by atoms with van der Waals surface area (Å²) in [6, 6.07) is 6.73. The molecule has 1 aromatic carbocycles. The Morgan fingerprint density at radius 1 is 1.31 bits per heavy atom. The second-order valence-corrected chi connectivity index (χ2v) is 6.73. The standard InChI is InChI=1S/C16H20ClN5O3S/c1-18-15(24)19-14(23)8-5-9-26-16-21-20-13(22(16)2)10-25-12-7-4-3-6-11(12)17/h3-4,6-7H,5,8-10H2,1-2H3,(H2,18,19,23,24). The Kier molecular flexibility index (Phi) is 7.73. The van der Waals surface area contributed by atoms with Crippen molar-refractivity contribution in [3.05, 3.63) is 35.1 Å². The number of amides is 3. The normalized spacial score (nSPS) is 10.4. The van der Waals surface area contributed by atoms with E-state index in [1.807, 2.05) is 23.7 Å². The Morgan fingerprint density at radius 2 is 2.08 bits per heavy atom. The molecule has 0 unspecified atom stereocenters. The van der Waals surface area contributed by atoms with Crippen LogP contribution in [0.3, 0.4) is 0 Å². The van der Waals surface area contributed by atoms with Gasteiger partial charge in [-0.25, -0.2) is 4.79 Å². The van der Waals surface area contributed by atoms with Crippen molar-refractivity contribution in [3.8, 4) is 5.75 Å². The third kappa shape index (κ3) is 5.92. The summed E-state index contributed by atoms with van der Waals surface area (Å²) in [6.45, 7) is 0.252. The van der Waals surface area contributed by atoms with Gasteiger partial charge in [-0.05, 0) is 18.6 Å². The Bertz CT molecular complexity index is 768. The lowest BCUT2D eigenvalue weighted by Gasteiger charge is -2.07. The summed E-state index contributed by atoms with van der Waals surface area (Å²) >= 11 is 7.54. The van der Waals surface area contributed by atoms with Crippen LogP contribution in [0, 0.1) is 0 Å². The van der Waals surface area contributed by atoms with Crippen LogP contribution in [0.1, 0.15) is 18.7 Å². The van der Waals surface area contributed by atoms with Gasteiger partial charge in [-0.15, -0.1) is 10.2 Å². The molecule has 8 nitrogen and oxygen atoms in total. The molecule has 0 saturated heterocycles. The maximum absolute atomic E-state index is 11.5. The van der Waals surface area contributed by atoms with Crippen LogP contribution in [-0.4, -0.2) is 39.5 Å². The first-order chi connectivity index (χ1) is 12.5. The van der Waals surface area contributed by atoms with E-state index in [1.165, 1.54) is 18.8 Å². The second-order valence-electron chi connectivity index (χ2n) is 5.26. The number of ether oxygens (including phenoxy) is 1. The van der Waals surface area contributed by atoms with Crippen molar-refractivity contribution in [2.24, 2.45) is 7.05 Å². The molecular formula is C16H20ClN5O3S. The van der Waals surface area contributed by atoms with Gasteiger partial charge < -0.3 is 14.6 Å². The third-order valence-electron chi connectivity index (χ3n) is 3.38. The fraction of sp³-hybridized carbons (Fsp3) is 0.375. The number of carbonyl (C=O) groups is 2. The van der Waals surface area contributed by atoms with E-state index >= 15 is 0 Å². The van der Waals surface area contributed by atoms with E-state index < -0.39 is 6.03 Å². The predicted octanol–water partition coefficient (Wildman–Crippen LogP) is 2.38. The molecule has 0 aliphatic carbocycles. The van der Waals surface area contributed by atoms with Gasteiger partial charge in [0, 0.05) is 26.3 Å². The second kappa shape index (κ2) is 10.0. The van der Waals surface area contributed by atoms with Gasteiger partial charge in [0.15, 0.2) is 11.0 Å². The summed E-state index contributed by atoms with van der Waals surface area (Å²) in [6.07, 6.45) is 0.882. The van der Waals surface area contributed by atoms with Crippen molar-refractivity contribution in [3.63, 3.8) is 0 Å². The summed E-state index contributed by atoms with van der Waals surface area (Å²) in [7, 11) is 3.31. The van der Waals surface area contributed by atoms with Gasteiger partial charge in [0.05, 0.1) is 5.02 Å². The van der Waals surface area contributed by atoms with Crippen molar-refractivity contribution >= 4 is 35.3 Å². The van der Waals surface area contributed by atoms with E-state index in [-0.39, 0.29) is 18.9 Å². The number of hydrogen-bond donors (Lipinski definition) is 2. The molecule has 2 aromatic rings. The molecule has 3 amide bonds. The molecule has 1 heterocycles. The van der Waals surface area contributed by atoms with Crippen LogP contribution >= 0.6 is 23.4 Å². The minimum absolute atomic E-state index is 0.252. The number of nitrogens with one attached hydrogen (secondary N) is 2. The zero-order valence-corrected chi connectivity index (χ0v) is 16.1. The first-order valence-corrected chi connectivity index (χ1v) is 9.27. The molecule has 0 spiro atoms. The molecule has 0 radical (unpaired) electrons. The van der Waals surface area contributed by atoms with Gasteiger partial charge in [0.2, 0.25) is 5.91 Å². The van der Waals surface area contributed by atoms with E-state index in [0.717, 1.165) is 5.16 Å². The van der Waals surface area contributed by atoms with E-state index in [1.54, 1.807) is 12.1 Å². The fourth-order valence-electron chi connectivity index (χ4n) is 1.95. The molecule has 1 aromatic heterocycles. The van der Waals surface area contributed by atoms with Gasteiger partial charge in [-0.2, -0.15) is 0 Å². The summed E-state index contributed by atoms with van der Waals surface area (Å²) < 4.78 is 7.51. The number of benzene rings is 1. The SMILES string of the molecule is CNC(=O)NC(=O)CCCSc1nnc(COc2ccccc2Cl)n1C. The molecule has 0 aliphatic rings. The topological polar surface area (TPSA) is 98.1 Å². The van der Waals surface area contributed by atoms with Crippen LogP contribution in [0.5, 0.6) is 5.75 Å². The van der Waals surface area contributed by atoms with Crippen LogP contribution in [0.2, 0.25) is 5.02 Å². The molecule has 0 atom stereocenters. The Balaban J connectivity index is 1.77. The van der Waals surface area contributed by atoms with E-state index in [9.17, 15) is 9.59 Å². The lowest BCUT2D eigenvalue weighted by molar-refractivity contribution is -0.120. The van der Waals surface area contributed by atoms with Crippen LogP contribution < -0.4 is 15.4 Å². The number of hydrogen-bond acceptors (Lipinski definition) is 6. The molecule has 0 aliphatic heterocycles. The quantitative estimate of drug-likeness (QED) is 0.524. The molecule has 26 heavy (non-hydrogen) atoms. The highest BCUT2D eigenvalue weighted by Gasteiger charge is 2.11. The van der Waals surface area contributed by atoms with Crippen molar-refractivity contribution in [2.45, 2.75) is 24.6 Å². The molecular weight excluding hydrogens is 378 g/mol. The molecule has 2 rings (SSSR count). The number of carbonyl (C=O) groups excluding carboxylic acids is 2. The van der Waals surface area contributed by atoms with E-state index in [2.05, 4.69) is 20.8 Å². The Hall–Kier alpha value is -2.26.